The Hall–Kier alpha value is -6.32. The number of benzene rings is 2. The highest BCUT2D eigenvalue weighted by Crippen LogP contribution is 2.39. The number of ether oxygens (including phenoxy) is 2. The van der Waals surface area contributed by atoms with E-state index in [9.17, 15) is 46.3 Å². The number of hydrogen-bond donors (Lipinski definition) is 0. The van der Waals surface area contributed by atoms with Gasteiger partial charge in [-0.1, -0.05) is 101 Å². The van der Waals surface area contributed by atoms with Gasteiger partial charge in [-0.15, -0.1) is 0 Å². The normalized spacial score (nSPS) is 17.9. The highest BCUT2D eigenvalue weighted by molar-refractivity contribution is 6.01. The quantitative estimate of drug-likeness (QED) is 0.0475. The highest BCUT2D eigenvalue weighted by atomic mass is 19.3. The first kappa shape index (κ1) is 62.5. The van der Waals surface area contributed by atoms with Gasteiger partial charge in [-0.3, -0.25) is 19.2 Å². The molecule has 2 aromatic heterocycles. The van der Waals surface area contributed by atoms with Crippen molar-refractivity contribution >= 4 is 35.3 Å². The lowest BCUT2D eigenvalue weighted by Crippen LogP contribution is -2.51. The third kappa shape index (κ3) is 18.4. The van der Waals surface area contributed by atoms with E-state index in [-0.39, 0.29) is 111 Å². The first-order chi connectivity index (χ1) is 36.6. The number of amides is 2. The Balaban J connectivity index is 0.000000287. The fourth-order valence-corrected chi connectivity index (χ4v) is 9.63. The van der Waals surface area contributed by atoms with E-state index in [1.54, 1.807) is 79.7 Å². The number of ketones is 4. The lowest BCUT2D eigenvalue weighted by atomic mass is 9.87. The molecule has 0 aliphatic carbocycles. The molecule has 2 aliphatic heterocycles. The first-order valence-electron chi connectivity index (χ1n) is 27.6. The van der Waals surface area contributed by atoms with Crippen LogP contribution in [0.15, 0.2) is 84.9 Å². The lowest BCUT2D eigenvalue weighted by molar-refractivity contribution is -0.113. The summed E-state index contributed by atoms with van der Waals surface area (Å²) in [5, 5.41) is 0. The molecule has 424 valence electrons. The molecule has 2 amide bonds. The first-order valence-corrected chi connectivity index (χ1v) is 27.6. The van der Waals surface area contributed by atoms with Crippen molar-refractivity contribution in [2.45, 2.75) is 181 Å². The van der Waals surface area contributed by atoms with E-state index in [0.717, 1.165) is 20.9 Å². The van der Waals surface area contributed by atoms with E-state index < -0.39 is 60.2 Å². The van der Waals surface area contributed by atoms with Crippen LogP contribution in [0.2, 0.25) is 0 Å². The van der Waals surface area contributed by atoms with Crippen LogP contribution in [0.1, 0.15) is 222 Å². The van der Waals surface area contributed by atoms with Crippen LogP contribution in [0.25, 0.3) is 0 Å². The standard InChI is InChI=1S/2C31H40F2N2O4/c2*1-6-27(36)26-19-23(18-25(34-26)21(2)22-12-8-7-9-13-22)28(37)15-11-10-14-24-16-17-35(20-31(24,32)33)29(38)39-30(3,4)5/h2*7-9,12-13,18-19,21,24H,6,10-11,14-17,20H2,1-5H3/t21-,24+;21-,24-/m00/s1. The number of piperidine rings is 2. The van der Waals surface area contributed by atoms with Crippen LogP contribution >= 0.6 is 0 Å². The maximum Gasteiger partial charge on any atom is 0.410 e. The van der Waals surface area contributed by atoms with E-state index in [0.29, 0.717) is 48.2 Å². The number of hydrogen-bond acceptors (Lipinski definition) is 10. The maximum atomic E-state index is 14.8. The summed E-state index contributed by atoms with van der Waals surface area (Å²) in [7, 11) is 0. The van der Waals surface area contributed by atoms with Crippen molar-refractivity contribution in [3.8, 4) is 0 Å². The Bertz CT molecular complexity index is 2500. The molecular formula is C62H80F4N4O8. The van der Waals surface area contributed by atoms with Gasteiger partial charge in [0.1, 0.15) is 22.6 Å². The molecule has 12 nitrogen and oxygen atoms in total. The second kappa shape index (κ2) is 27.5. The molecular weight excluding hydrogens is 1000 g/mol. The van der Waals surface area contributed by atoms with Gasteiger partial charge in [-0.25, -0.2) is 37.1 Å². The third-order valence-corrected chi connectivity index (χ3v) is 14.2. The summed E-state index contributed by atoms with van der Waals surface area (Å²) in [4.78, 5) is 86.8. The number of alkyl halides is 4. The largest absolute Gasteiger partial charge is 0.444 e. The highest BCUT2D eigenvalue weighted by Gasteiger charge is 2.47. The van der Waals surface area contributed by atoms with E-state index in [1.165, 1.54) is 0 Å². The van der Waals surface area contributed by atoms with Gasteiger partial charge in [0.15, 0.2) is 23.1 Å². The monoisotopic (exact) mass is 1080 g/mol. The topological polar surface area (TPSA) is 153 Å². The van der Waals surface area contributed by atoms with Gasteiger partial charge in [-0.05, 0) is 115 Å². The Morgan fingerprint density at radius 2 is 0.897 bits per heavy atom. The summed E-state index contributed by atoms with van der Waals surface area (Å²) in [6.45, 7) is 16.9. The number of Topliss-reactive ketones (excluding diaryl/α,β-unsaturated/α-hetero) is 4. The average Bonchev–Trinajstić information content (AvgIpc) is 3.39. The van der Waals surface area contributed by atoms with E-state index >= 15 is 0 Å². The predicted octanol–water partition coefficient (Wildman–Crippen LogP) is 14.9. The average molecular weight is 1090 g/mol. The van der Waals surface area contributed by atoms with E-state index in [1.807, 2.05) is 74.5 Å². The summed E-state index contributed by atoms with van der Waals surface area (Å²) < 4.78 is 69.8. The third-order valence-electron chi connectivity index (χ3n) is 14.2. The molecule has 6 rings (SSSR count). The molecule has 0 N–H and O–H groups in total. The van der Waals surface area contributed by atoms with Crippen LogP contribution < -0.4 is 0 Å². The molecule has 0 bridgehead atoms. The molecule has 4 heterocycles. The smallest absolute Gasteiger partial charge is 0.410 e. The number of likely N-dealkylation sites (tertiary alicyclic amines) is 2. The fourth-order valence-electron chi connectivity index (χ4n) is 9.63. The van der Waals surface area contributed by atoms with Crippen LogP contribution in [-0.2, 0) is 9.47 Å². The van der Waals surface area contributed by atoms with Crippen molar-refractivity contribution in [3.63, 3.8) is 0 Å². The summed E-state index contributed by atoms with van der Waals surface area (Å²) in [6, 6.07) is 26.1. The fraction of sp³-hybridized carbons (Fsp3) is 0.548. The van der Waals surface area contributed by atoms with Crippen molar-refractivity contribution in [2.75, 3.05) is 26.2 Å². The summed E-state index contributed by atoms with van der Waals surface area (Å²) in [6.07, 6.45) is 2.32. The maximum absolute atomic E-state index is 14.8. The zero-order valence-electron chi connectivity index (χ0n) is 47.3. The number of carbonyl (C=O) groups is 6. The van der Waals surface area contributed by atoms with Crippen molar-refractivity contribution < 1.29 is 55.8 Å². The minimum Gasteiger partial charge on any atom is -0.444 e. The Kier molecular flexibility index (Phi) is 22.1. The Labute approximate surface area is 458 Å². The summed E-state index contributed by atoms with van der Waals surface area (Å²) in [5.41, 5.74) is 3.29. The van der Waals surface area contributed by atoms with Gasteiger partial charge in [0, 0.05) is 85.0 Å². The second-order valence-corrected chi connectivity index (χ2v) is 22.8. The van der Waals surface area contributed by atoms with Gasteiger partial charge >= 0.3 is 12.2 Å². The molecule has 0 unspecified atom stereocenters. The minimum atomic E-state index is -3.01. The number of pyridine rings is 2. The molecule has 2 aromatic carbocycles. The summed E-state index contributed by atoms with van der Waals surface area (Å²) >= 11 is 0. The van der Waals surface area contributed by atoms with Crippen molar-refractivity contribution in [1.29, 1.82) is 0 Å². The van der Waals surface area contributed by atoms with E-state index in [4.69, 9.17) is 9.47 Å². The van der Waals surface area contributed by atoms with Crippen molar-refractivity contribution in [1.82, 2.24) is 19.8 Å². The molecule has 78 heavy (non-hydrogen) atoms. The molecule has 2 saturated heterocycles. The molecule has 0 spiro atoms. The zero-order chi connectivity index (χ0) is 57.6. The van der Waals surface area contributed by atoms with Gasteiger partial charge in [0.25, 0.3) is 11.8 Å². The molecule has 4 atom stereocenters. The summed E-state index contributed by atoms with van der Waals surface area (Å²) in [5.74, 6) is -8.45. The number of nitrogens with zero attached hydrogens (tertiary/aromatic N) is 4. The second-order valence-electron chi connectivity index (χ2n) is 22.8. The van der Waals surface area contributed by atoms with Gasteiger partial charge in [0.2, 0.25) is 0 Å². The molecule has 2 aliphatic rings. The lowest BCUT2D eigenvalue weighted by Gasteiger charge is -2.38. The number of carbonyl (C=O) groups excluding carboxylic acids is 6. The number of halogens is 4. The molecule has 0 radical (unpaired) electrons. The SMILES string of the molecule is CCC(=O)c1cc(C(=O)CCCC[C@@H]2CCN(C(=O)OC(C)(C)C)CC2(F)F)cc([C@@H](C)c2ccccc2)n1.CCC(=O)c1cc(C(=O)CCCC[C@H]2CCN(C(=O)OC(C)(C)C)CC2(F)F)cc([C@@H](C)c2ccccc2)n1. The van der Waals surface area contributed by atoms with Crippen LogP contribution in [0.3, 0.4) is 0 Å². The van der Waals surface area contributed by atoms with E-state index in [2.05, 4.69) is 9.97 Å². The van der Waals surface area contributed by atoms with Crippen LogP contribution in [0.5, 0.6) is 0 Å². The number of unbranched alkanes of at least 4 members (excludes halogenated alkanes) is 2. The van der Waals surface area contributed by atoms with Crippen LogP contribution in [0, 0.1) is 11.8 Å². The number of aromatic nitrogens is 2. The van der Waals surface area contributed by atoms with Crippen molar-refractivity contribution in [3.05, 3.63) is 130 Å². The molecule has 2 fully saturated rings. The van der Waals surface area contributed by atoms with Gasteiger partial charge in [0.05, 0.1) is 13.1 Å². The minimum absolute atomic E-state index is 0.101. The predicted molar refractivity (Wildman–Crippen MR) is 293 cm³/mol. The molecule has 16 heteroatoms. The molecule has 0 saturated carbocycles. The Morgan fingerprint density at radius 1 is 0.551 bits per heavy atom. The van der Waals surface area contributed by atoms with Gasteiger partial charge in [-0.2, -0.15) is 0 Å². The zero-order valence-corrected chi connectivity index (χ0v) is 47.3. The van der Waals surface area contributed by atoms with Crippen molar-refractivity contribution in [2.24, 2.45) is 11.8 Å². The van der Waals surface area contributed by atoms with Gasteiger partial charge < -0.3 is 19.3 Å². The van der Waals surface area contributed by atoms with Crippen LogP contribution in [-0.4, -0.2) is 104 Å². The van der Waals surface area contributed by atoms with Crippen LogP contribution in [0.4, 0.5) is 27.2 Å². The number of rotatable bonds is 20. The molecule has 4 aromatic rings. The Morgan fingerprint density at radius 3 is 1.21 bits per heavy atom.